The van der Waals surface area contributed by atoms with Crippen LogP contribution in [0.1, 0.15) is 29.6 Å². The van der Waals surface area contributed by atoms with Gasteiger partial charge in [-0.3, -0.25) is 14.4 Å². The first kappa shape index (κ1) is 21.7. The molecule has 3 rings (SSSR count). The van der Waals surface area contributed by atoms with Crippen molar-refractivity contribution in [3.05, 3.63) is 48.0 Å². The number of ketones is 1. The summed E-state index contributed by atoms with van der Waals surface area (Å²) < 4.78 is 16.1. The number of esters is 1. The van der Waals surface area contributed by atoms with Gasteiger partial charge in [-0.15, -0.1) is 11.8 Å². The fourth-order valence-electron chi connectivity index (χ4n) is 2.79. The molecule has 2 aromatic carbocycles. The molecule has 0 bridgehead atoms. The average Bonchev–Trinajstić information content (AvgIpc) is 3.01. The molecular weight excluding hydrogens is 406 g/mol. The Hall–Kier alpha value is -3.00. The quantitative estimate of drug-likeness (QED) is 0.389. The van der Waals surface area contributed by atoms with Gasteiger partial charge >= 0.3 is 5.97 Å². The molecule has 0 aliphatic carbocycles. The van der Waals surface area contributed by atoms with Crippen LogP contribution in [0.3, 0.4) is 0 Å². The van der Waals surface area contributed by atoms with Gasteiger partial charge in [0.15, 0.2) is 23.9 Å². The normalized spacial score (nSPS) is 12.6. The Labute approximate surface area is 179 Å². The lowest BCUT2D eigenvalue weighted by molar-refractivity contribution is -0.147. The third kappa shape index (κ3) is 6.25. The molecule has 1 heterocycles. The minimum Gasteiger partial charge on any atom is -0.490 e. The highest BCUT2D eigenvalue weighted by molar-refractivity contribution is 7.98. The first-order valence-corrected chi connectivity index (χ1v) is 10.8. The van der Waals surface area contributed by atoms with Crippen molar-refractivity contribution in [2.45, 2.75) is 24.2 Å². The number of benzene rings is 2. The molecule has 0 spiro atoms. The predicted molar refractivity (Wildman–Crippen MR) is 113 cm³/mol. The van der Waals surface area contributed by atoms with E-state index < -0.39 is 18.5 Å². The largest absolute Gasteiger partial charge is 0.490 e. The number of Topliss-reactive ketones (excluding diaryl/α,β-unsaturated/α-hetero) is 1. The Morgan fingerprint density at radius 1 is 1.00 bits per heavy atom. The van der Waals surface area contributed by atoms with E-state index in [0.29, 0.717) is 36.0 Å². The third-order valence-corrected chi connectivity index (χ3v) is 5.11. The van der Waals surface area contributed by atoms with Crippen LogP contribution in [0, 0.1) is 0 Å². The van der Waals surface area contributed by atoms with Gasteiger partial charge in [0.2, 0.25) is 0 Å². The van der Waals surface area contributed by atoms with Crippen molar-refractivity contribution in [1.82, 2.24) is 0 Å². The molecule has 0 atom stereocenters. The molecule has 0 unspecified atom stereocenters. The first-order chi connectivity index (χ1) is 14.5. The van der Waals surface area contributed by atoms with Crippen molar-refractivity contribution >= 4 is 35.1 Å². The average molecular weight is 429 g/mol. The maximum atomic E-state index is 12.2. The lowest BCUT2D eigenvalue weighted by Gasteiger charge is -2.10. The Kier molecular flexibility index (Phi) is 7.73. The summed E-state index contributed by atoms with van der Waals surface area (Å²) in [5, 5.41) is 2.65. The van der Waals surface area contributed by atoms with Crippen LogP contribution >= 0.6 is 11.8 Å². The Bertz CT molecular complexity index is 912. The van der Waals surface area contributed by atoms with Crippen LogP contribution in [0.4, 0.5) is 5.69 Å². The predicted octanol–water partition coefficient (Wildman–Crippen LogP) is 3.71. The maximum Gasteiger partial charge on any atom is 0.306 e. The SMILES string of the molecule is CSc1ccc(C(=O)CCC(=O)OCC(=O)Nc2ccc3c(c2)OCCCO3)cc1. The molecule has 1 aliphatic rings. The fourth-order valence-corrected chi connectivity index (χ4v) is 3.20. The van der Waals surface area contributed by atoms with Gasteiger partial charge in [-0.2, -0.15) is 0 Å². The van der Waals surface area contributed by atoms with Crippen LogP contribution in [0.25, 0.3) is 0 Å². The number of hydrogen-bond acceptors (Lipinski definition) is 7. The topological polar surface area (TPSA) is 90.9 Å². The molecule has 7 nitrogen and oxygen atoms in total. The number of nitrogens with one attached hydrogen (secondary N) is 1. The molecule has 8 heteroatoms. The second kappa shape index (κ2) is 10.7. The van der Waals surface area contributed by atoms with Crippen LogP contribution < -0.4 is 14.8 Å². The number of anilines is 1. The van der Waals surface area contributed by atoms with E-state index in [1.54, 1.807) is 42.1 Å². The van der Waals surface area contributed by atoms with Crippen molar-refractivity contribution in [3.63, 3.8) is 0 Å². The molecule has 30 heavy (non-hydrogen) atoms. The molecule has 1 amide bonds. The highest BCUT2D eigenvalue weighted by Gasteiger charge is 2.14. The Morgan fingerprint density at radius 3 is 2.47 bits per heavy atom. The smallest absolute Gasteiger partial charge is 0.306 e. The lowest BCUT2D eigenvalue weighted by Crippen LogP contribution is -2.21. The van der Waals surface area contributed by atoms with Crippen molar-refractivity contribution in [2.75, 3.05) is 31.4 Å². The fraction of sp³-hybridized carbons (Fsp3) is 0.318. The van der Waals surface area contributed by atoms with Gasteiger partial charge < -0.3 is 19.5 Å². The summed E-state index contributed by atoms with van der Waals surface area (Å²) in [6, 6.07) is 12.3. The van der Waals surface area contributed by atoms with Gasteiger partial charge in [0.1, 0.15) is 0 Å². The van der Waals surface area contributed by atoms with E-state index in [4.69, 9.17) is 14.2 Å². The molecule has 0 saturated heterocycles. The molecular formula is C22H23NO6S. The van der Waals surface area contributed by atoms with Crippen molar-refractivity contribution < 1.29 is 28.6 Å². The maximum absolute atomic E-state index is 12.2. The van der Waals surface area contributed by atoms with E-state index in [9.17, 15) is 14.4 Å². The number of hydrogen-bond donors (Lipinski definition) is 1. The third-order valence-electron chi connectivity index (χ3n) is 4.36. The Morgan fingerprint density at radius 2 is 1.73 bits per heavy atom. The van der Waals surface area contributed by atoms with Crippen LogP contribution in [-0.4, -0.2) is 43.7 Å². The van der Waals surface area contributed by atoms with Crippen LogP contribution in [0.15, 0.2) is 47.4 Å². The van der Waals surface area contributed by atoms with Crippen LogP contribution in [0.2, 0.25) is 0 Å². The number of amides is 1. The van der Waals surface area contributed by atoms with E-state index >= 15 is 0 Å². The number of carbonyl (C=O) groups is 3. The van der Waals surface area contributed by atoms with Gasteiger partial charge in [0, 0.05) is 35.1 Å². The summed E-state index contributed by atoms with van der Waals surface area (Å²) in [6.07, 6.45) is 2.69. The summed E-state index contributed by atoms with van der Waals surface area (Å²) >= 11 is 1.59. The number of fused-ring (bicyclic) bond motifs is 1. The Balaban J connectivity index is 1.41. The first-order valence-electron chi connectivity index (χ1n) is 9.57. The van der Waals surface area contributed by atoms with E-state index in [0.717, 1.165) is 11.3 Å². The number of thioether (sulfide) groups is 1. The van der Waals surface area contributed by atoms with E-state index in [1.165, 1.54) is 0 Å². The highest BCUT2D eigenvalue weighted by atomic mass is 32.2. The highest BCUT2D eigenvalue weighted by Crippen LogP contribution is 2.32. The van der Waals surface area contributed by atoms with Gasteiger partial charge in [-0.25, -0.2) is 0 Å². The molecule has 1 aliphatic heterocycles. The zero-order chi connectivity index (χ0) is 21.3. The van der Waals surface area contributed by atoms with Crippen LogP contribution in [0.5, 0.6) is 11.5 Å². The van der Waals surface area contributed by atoms with E-state index in [2.05, 4.69) is 5.32 Å². The zero-order valence-corrected chi connectivity index (χ0v) is 17.5. The van der Waals surface area contributed by atoms with E-state index in [-0.39, 0.29) is 18.6 Å². The van der Waals surface area contributed by atoms with E-state index in [1.807, 2.05) is 18.4 Å². The molecule has 0 radical (unpaired) electrons. The monoisotopic (exact) mass is 429 g/mol. The molecule has 0 saturated carbocycles. The number of ether oxygens (including phenoxy) is 3. The van der Waals surface area contributed by atoms with Crippen molar-refractivity contribution in [1.29, 1.82) is 0 Å². The molecule has 0 fully saturated rings. The van der Waals surface area contributed by atoms with Crippen LogP contribution in [-0.2, 0) is 14.3 Å². The lowest BCUT2D eigenvalue weighted by atomic mass is 10.1. The molecule has 0 aromatic heterocycles. The number of carbonyl (C=O) groups excluding carboxylic acids is 3. The van der Waals surface area contributed by atoms with Crippen molar-refractivity contribution in [2.24, 2.45) is 0 Å². The summed E-state index contributed by atoms with van der Waals surface area (Å²) in [7, 11) is 0. The summed E-state index contributed by atoms with van der Waals surface area (Å²) in [5.74, 6) is -0.0259. The summed E-state index contributed by atoms with van der Waals surface area (Å²) in [4.78, 5) is 37.1. The molecule has 2 aromatic rings. The van der Waals surface area contributed by atoms with Gasteiger partial charge in [-0.05, 0) is 30.5 Å². The number of rotatable bonds is 8. The minimum atomic E-state index is -0.599. The van der Waals surface area contributed by atoms with Gasteiger partial charge in [-0.1, -0.05) is 12.1 Å². The zero-order valence-electron chi connectivity index (χ0n) is 16.6. The second-order valence-electron chi connectivity index (χ2n) is 6.57. The van der Waals surface area contributed by atoms with Gasteiger partial charge in [0.05, 0.1) is 19.6 Å². The summed E-state index contributed by atoms with van der Waals surface area (Å²) in [6.45, 7) is 0.701. The van der Waals surface area contributed by atoms with Crippen molar-refractivity contribution in [3.8, 4) is 11.5 Å². The standard InChI is InChI=1S/C22H23NO6S/c1-30-17-6-3-15(4-7-17)18(24)8-10-22(26)29-14-21(25)23-16-5-9-19-20(13-16)28-12-2-11-27-19/h3-7,9,13H,2,8,10-12,14H2,1H3,(H,23,25). The molecule has 158 valence electrons. The summed E-state index contributed by atoms with van der Waals surface area (Å²) in [5.41, 5.74) is 1.07. The second-order valence-corrected chi connectivity index (χ2v) is 7.45. The van der Waals surface area contributed by atoms with Gasteiger partial charge in [0.25, 0.3) is 5.91 Å². The minimum absolute atomic E-state index is 0.0290. The molecule has 1 N–H and O–H groups in total.